The molecule has 1 aliphatic heterocycles. The first kappa shape index (κ1) is 17.5. The number of rotatable bonds is 3. The van der Waals surface area contributed by atoms with Crippen molar-refractivity contribution in [2.75, 3.05) is 13.1 Å². The molecule has 0 spiro atoms. The number of hydrogen-bond acceptors (Lipinski definition) is 4. The SMILES string of the molecule is Cc1nc2c(c(=O)[nH]1)CCN(C(=O)C(C)Oc1cccc(Cl)c1)CC2. The lowest BCUT2D eigenvalue weighted by Gasteiger charge is -2.24. The van der Waals surface area contributed by atoms with Gasteiger partial charge in [0.2, 0.25) is 0 Å². The van der Waals surface area contributed by atoms with E-state index >= 15 is 0 Å². The van der Waals surface area contributed by atoms with Gasteiger partial charge in [0.15, 0.2) is 6.10 Å². The van der Waals surface area contributed by atoms with Gasteiger partial charge in [0.05, 0.1) is 5.69 Å². The summed E-state index contributed by atoms with van der Waals surface area (Å²) in [6.45, 7) is 4.47. The van der Waals surface area contributed by atoms with E-state index in [-0.39, 0.29) is 11.5 Å². The van der Waals surface area contributed by atoms with Crippen LogP contribution in [-0.2, 0) is 17.6 Å². The van der Waals surface area contributed by atoms with Crippen LogP contribution >= 0.6 is 11.6 Å². The molecule has 1 N–H and O–H groups in total. The second-order valence-electron chi connectivity index (χ2n) is 6.12. The van der Waals surface area contributed by atoms with E-state index in [1.165, 1.54) is 0 Å². The number of carbonyl (C=O) groups excluding carboxylic acids is 1. The lowest BCUT2D eigenvalue weighted by molar-refractivity contribution is -0.137. The molecule has 0 saturated carbocycles. The van der Waals surface area contributed by atoms with Crippen LogP contribution in [-0.4, -0.2) is 40.0 Å². The average molecular weight is 362 g/mol. The predicted molar refractivity (Wildman–Crippen MR) is 95.1 cm³/mol. The second-order valence-corrected chi connectivity index (χ2v) is 6.56. The van der Waals surface area contributed by atoms with Crippen LogP contribution in [0.1, 0.15) is 24.0 Å². The molecule has 2 aromatic rings. The Morgan fingerprint density at radius 2 is 2.12 bits per heavy atom. The fourth-order valence-electron chi connectivity index (χ4n) is 3.01. The van der Waals surface area contributed by atoms with Gasteiger partial charge in [-0.25, -0.2) is 4.98 Å². The van der Waals surface area contributed by atoms with Crippen LogP contribution in [0.5, 0.6) is 5.75 Å². The van der Waals surface area contributed by atoms with Crippen molar-refractivity contribution in [1.29, 1.82) is 0 Å². The third kappa shape index (κ3) is 4.02. The average Bonchev–Trinajstić information content (AvgIpc) is 2.77. The molecule has 1 aromatic carbocycles. The number of benzene rings is 1. The zero-order chi connectivity index (χ0) is 18.0. The molecule has 1 amide bonds. The van der Waals surface area contributed by atoms with Gasteiger partial charge >= 0.3 is 0 Å². The molecule has 1 atom stereocenters. The number of aryl methyl sites for hydroxylation is 1. The van der Waals surface area contributed by atoms with Crippen LogP contribution in [0.25, 0.3) is 0 Å². The Morgan fingerprint density at radius 3 is 2.88 bits per heavy atom. The molecule has 7 heteroatoms. The van der Waals surface area contributed by atoms with Gasteiger partial charge in [0.25, 0.3) is 11.5 Å². The fourth-order valence-corrected chi connectivity index (χ4v) is 3.19. The molecule has 1 unspecified atom stereocenters. The van der Waals surface area contributed by atoms with Crippen LogP contribution in [0.3, 0.4) is 0 Å². The van der Waals surface area contributed by atoms with Gasteiger partial charge in [-0.3, -0.25) is 9.59 Å². The molecule has 0 fully saturated rings. The Labute approximate surface area is 150 Å². The van der Waals surface area contributed by atoms with Crippen LogP contribution in [0.15, 0.2) is 29.1 Å². The standard InChI is InChI=1S/C18H20ClN3O3/c1-11(25-14-5-3-4-13(19)10-14)18(24)22-8-6-15-16(7-9-22)20-12(2)21-17(15)23/h3-5,10-11H,6-9H2,1-2H3,(H,20,21,23). The monoisotopic (exact) mass is 361 g/mol. The number of halogens is 1. The number of carbonyl (C=O) groups is 1. The van der Waals surface area contributed by atoms with Gasteiger partial charge in [0.1, 0.15) is 11.6 Å². The summed E-state index contributed by atoms with van der Waals surface area (Å²) in [4.78, 5) is 33.7. The molecular formula is C18H20ClN3O3. The number of aromatic amines is 1. The number of hydrogen-bond donors (Lipinski definition) is 1. The highest BCUT2D eigenvalue weighted by molar-refractivity contribution is 6.30. The molecule has 0 radical (unpaired) electrons. The summed E-state index contributed by atoms with van der Waals surface area (Å²) in [6.07, 6.45) is 0.427. The number of fused-ring (bicyclic) bond motifs is 1. The number of aromatic nitrogens is 2. The van der Waals surface area contributed by atoms with Crippen molar-refractivity contribution in [2.24, 2.45) is 0 Å². The van der Waals surface area contributed by atoms with Crippen LogP contribution in [0.4, 0.5) is 0 Å². The molecule has 25 heavy (non-hydrogen) atoms. The highest BCUT2D eigenvalue weighted by atomic mass is 35.5. The van der Waals surface area contributed by atoms with Gasteiger partial charge in [-0.1, -0.05) is 17.7 Å². The van der Waals surface area contributed by atoms with Gasteiger partial charge in [0, 0.05) is 30.1 Å². The Morgan fingerprint density at radius 1 is 1.36 bits per heavy atom. The van der Waals surface area contributed by atoms with Crippen molar-refractivity contribution in [1.82, 2.24) is 14.9 Å². The minimum atomic E-state index is -0.632. The molecule has 0 aliphatic carbocycles. The number of nitrogens with zero attached hydrogens (tertiary/aromatic N) is 2. The van der Waals surface area contributed by atoms with Crippen molar-refractivity contribution in [2.45, 2.75) is 32.8 Å². The Hall–Kier alpha value is -2.34. The molecule has 0 saturated heterocycles. The van der Waals surface area contributed by atoms with Gasteiger partial charge in [-0.15, -0.1) is 0 Å². The van der Waals surface area contributed by atoms with E-state index in [9.17, 15) is 9.59 Å². The van der Waals surface area contributed by atoms with E-state index in [4.69, 9.17) is 16.3 Å². The highest BCUT2D eigenvalue weighted by Crippen LogP contribution is 2.19. The lowest BCUT2D eigenvalue weighted by Crippen LogP contribution is -2.41. The number of H-pyrrole nitrogens is 1. The zero-order valence-corrected chi connectivity index (χ0v) is 15.0. The van der Waals surface area contributed by atoms with E-state index in [1.807, 2.05) is 0 Å². The van der Waals surface area contributed by atoms with Crippen LogP contribution in [0, 0.1) is 6.92 Å². The summed E-state index contributed by atoms with van der Waals surface area (Å²) in [5.74, 6) is 1.04. The molecule has 3 rings (SSSR count). The second kappa shape index (κ2) is 7.27. The largest absolute Gasteiger partial charge is 0.481 e. The first-order chi connectivity index (χ1) is 11.9. The Bertz CT molecular complexity index is 850. The maximum atomic E-state index is 12.7. The molecule has 1 aliphatic rings. The van der Waals surface area contributed by atoms with Crippen molar-refractivity contribution in [3.63, 3.8) is 0 Å². The molecular weight excluding hydrogens is 342 g/mol. The number of nitrogens with one attached hydrogen (secondary N) is 1. The zero-order valence-electron chi connectivity index (χ0n) is 14.2. The highest BCUT2D eigenvalue weighted by Gasteiger charge is 2.25. The fraction of sp³-hybridized carbons (Fsp3) is 0.389. The first-order valence-corrected chi connectivity index (χ1v) is 8.61. The number of amides is 1. The summed E-state index contributed by atoms with van der Waals surface area (Å²) in [6, 6.07) is 6.97. The molecule has 2 heterocycles. The Balaban J connectivity index is 1.69. The van der Waals surface area contributed by atoms with Gasteiger partial charge in [-0.2, -0.15) is 0 Å². The predicted octanol–water partition coefficient (Wildman–Crippen LogP) is 2.13. The number of ether oxygens (including phenoxy) is 1. The summed E-state index contributed by atoms with van der Waals surface area (Å²) in [5, 5.41) is 0.558. The van der Waals surface area contributed by atoms with Gasteiger partial charge < -0.3 is 14.6 Å². The Kier molecular flexibility index (Phi) is 5.08. The summed E-state index contributed by atoms with van der Waals surface area (Å²) in [7, 11) is 0. The van der Waals surface area contributed by atoms with Crippen molar-refractivity contribution in [3.8, 4) is 5.75 Å². The van der Waals surface area contributed by atoms with E-state index in [2.05, 4.69) is 9.97 Å². The van der Waals surface area contributed by atoms with E-state index in [0.717, 1.165) is 5.69 Å². The normalized spacial score (nSPS) is 15.2. The van der Waals surface area contributed by atoms with Gasteiger partial charge in [-0.05, 0) is 38.5 Å². The third-order valence-electron chi connectivity index (χ3n) is 4.24. The van der Waals surface area contributed by atoms with Crippen LogP contribution < -0.4 is 10.3 Å². The topological polar surface area (TPSA) is 75.3 Å². The van der Waals surface area contributed by atoms with Crippen molar-refractivity contribution in [3.05, 3.63) is 56.7 Å². The summed E-state index contributed by atoms with van der Waals surface area (Å²) in [5.41, 5.74) is 1.34. The molecule has 6 nitrogen and oxygen atoms in total. The quantitative estimate of drug-likeness (QED) is 0.908. The van der Waals surface area contributed by atoms with Crippen molar-refractivity contribution >= 4 is 17.5 Å². The van der Waals surface area contributed by atoms with E-state index < -0.39 is 6.10 Å². The van der Waals surface area contributed by atoms with E-state index in [0.29, 0.717) is 48.1 Å². The minimum Gasteiger partial charge on any atom is -0.481 e. The maximum absolute atomic E-state index is 12.7. The maximum Gasteiger partial charge on any atom is 0.263 e. The minimum absolute atomic E-state index is 0.110. The molecule has 1 aromatic heterocycles. The smallest absolute Gasteiger partial charge is 0.263 e. The summed E-state index contributed by atoms with van der Waals surface area (Å²) >= 11 is 5.94. The van der Waals surface area contributed by atoms with E-state index in [1.54, 1.807) is 43.0 Å². The lowest BCUT2D eigenvalue weighted by atomic mass is 10.1. The molecule has 132 valence electrons. The molecule has 0 bridgehead atoms. The van der Waals surface area contributed by atoms with Crippen LogP contribution in [0.2, 0.25) is 5.02 Å². The first-order valence-electron chi connectivity index (χ1n) is 8.23. The third-order valence-corrected chi connectivity index (χ3v) is 4.47. The van der Waals surface area contributed by atoms with Crippen molar-refractivity contribution < 1.29 is 9.53 Å². The summed E-state index contributed by atoms with van der Waals surface area (Å²) < 4.78 is 5.71.